The third-order valence-corrected chi connectivity index (χ3v) is 6.78. The topological polar surface area (TPSA) is 108 Å². The fraction of sp³-hybridized carbons (Fsp3) is 0.619. The van der Waals surface area contributed by atoms with Gasteiger partial charge in [-0.3, -0.25) is 9.59 Å². The summed E-state index contributed by atoms with van der Waals surface area (Å²) in [7, 11) is -1.82. The van der Waals surface area contributed by atoms with E-state index in [0.29, 0.717) is 12.1 Å². The Hall–Kier alpha value is -1.97. The van der Waals surface area contributed by atoms with Crippen LogP contribution in [-0.2, 0) is 25.4 Å². The monoisotopic (exact) mass is 438 g/mol. The molecule has 1 aromatic carbocycles. The Morgan fingerprint density at radius 3 is 2.43 bits per heavy atom. The highest BCUT2D eigenvalue weighted by molar-refractivity contribution is 7.88. The number of hydrogen-bond acceptors (Lipinski definition) is 5. The van der Waals surface area contributed by atoms with Gasteiger partial charge in [-0.05, 0) is 38.3 Å². The molecule has 1 saturated heterocycles. The quantitative estimate of drug-likeness (QED) is 0.502. The summed E-state index contributed by atoms with van der Waals surface area (Å²) in [6.07, 6.45) is 1.54. The van der Waals surface area contributed by atoms with Crippen LogP contribution in [-0.4, -0.2) is 63.4 Å². The molecule has 3 N–H and O–H groups in total. The summed E-state index contributed by atoms with van der Waals surface area (Å²) in [6, 6.07) is 7.72. The second kappa shape index (κ2) is 10.9. The molecule has 0 saturated carbocycles. The summed E-state index contributed by atoms with van der Waals surface area (Å²) in [4.78, 5) is 27.2. The van der Waals surface area contributed by atoms with Crippen LogP contribution in [0, 0.1) is 5.92 Å². The van der Waals surface area contributed by atoms with Crippen LogP contribution in [0.4, 0.5) is 0 Å². The average molecular weight is 439 g/mol. The Balaban J connectivity index is 2.00. The minimum atomic E-state index is -3.51. The van der Waals surface area contributed by atoms with Crippen molar-refractivity contribution in [2.75, 3.05) is 20.1 Å². The molecule has 168 valence electrons. The molecule has 0 radical (unpaired) electrons. The second-order valence-electron chi connectivity index (χ2n) is 8.16. The summed E-state index contributed by atoms with van der Waals surface area (Å²) in [5.41, 5.74) is 0.714. The maximum atomic E-state index is 13.2. The smallest absolute Gasteiger partial charge is 0.245 e. The van der Waals surface area contributed by atoms with E-state index in [0.717, 1.165) is 12.8 Å². The molecule has 1 aliphatic heterocycles. The standard InChI is InChI=1S/C21H34N4O4S/c1-15(2)19(24-20(26)16(3)22-4)21(27)25-12-8-11-18(25)13-23-30(28,29)14-17-9-6-5-7-10-17/h5-7,9-10,15-16,18-19,22-23H,8,11-14H2,1-4H3,(H,24,26). The molecule has 3 unspecified atom stereocenters. The van der Waals surface area contributed by atoms with E-state index in [1.807, 2.05) is 19.9 Å². The number of likely N-dealkylation sites (N-methyl/N-ethyl adjacent to an activating group) is 1. The minimum absolute atomic E-state index is 0.0819. The minimum Gasteiger partial charge on any atom is -0.343 e. The first-order chi connectivity index (χ1) is 14.1. The lowest BCUT2D eigenvalue weighted by atomic mass is 10.0. The largest absolute Gasteiger partial charge is 0.343 e. The first-order valence-electron chi connectivity index (χ1n) is 10.4. The fourth-order valence-corrected chi connectivity index (χ4v) is 4.69. The van der Waals surface area contributed by atoms with Crippen LogP contribution in [0.2, 0.25) is 0 Å². The molecule has 0 aliphatic carbocycles. The van der Waals surface area contributed by atoms with E-state index in [1.165, 1.54) is 0 Å². The van der Waals surface area contributed by atoms with Gasteiger partial charge in [0, 0.05) is 19.1 Å². The predicted octanol–water partition coefficient (Wildman–Crippen LogP) is 0.846. The highest BCUT2D eigenvalue weighted by atomic mass is 32.2. The van der Waals surface area contributed by atoms with Crippen molar-refractivity contribution < 1.29 is 18.0 Å². The third kappa shape index (κ3) is 6.78. The molecular weight excluding hydrogens is 404 g/mol. The van der Waals surface area contributed by atoms with Crippen molar-refractivity contribution in [3.8, 4) is 0 Å². The molecule has 1 fully saturated rings. The van der Waals surface area contributed by atoms with Crippen LogP contribution in [0.3, 0.4) is 0 Å². The van der Waals surface area contributed by atoms with E-state index in [1.54, 1.807) is 43.1 Å². The number of nitrogens with zero attached hydrogens (tertiary/aromatic N) is 1. The van der Waals surface area contributed by atoms with Crippen molar-refractivity contribution in [2.45, 2.75) is 57.5 Å². The lowest BCUT2D eigenvalue weighted by Gasteiger charge is -2.31. The van der Waals surface area contributed by atoms with Crippen molar-refractivity contribution in [3.05, 3.63) is 35.9 Å². The number of rotatable bonds is 10. The van der Waals surface area contributed by atoms with Gasteiger partial charge in [0.25, 0.3) is 0 Å². The van der Waals surface area contributed by atoms with Crippen molar-refractivity contribution in [3.63, 3.8) is 0 Å². The Bertz CT molecular complexity index is 814. The van der Waals surface area contributed by atoms with Gasteiger partial charge in [-0.15, -0.1) is 0 Å². The van der Waals surface area contributed by atoms with E-state index in [9.17, 15) is 18.0 Å². The molecule has 0 aromatic heterocycles. The van der Waals surface area contributed by atoms with Gasteiger partial charge in [0.05, 0.1) is 11.8 Å². The van der Waals surface area contributed by atoms with E-state index < -0.39 is 22.1 Å². The Kier molecular flexibility index (Phi) is 8.81. The van der Waals surface area contributed by atoms with Crippen molar-refractivity contribution in [1.82, 2.24) is 20.3 Å². The summed E-state index contributed by atoms with van der Waals surface area (Å²) in [5, 5.41) is 5.71. The van der Waals surface area contributed by atoms with Crippen LogP contribution in [0.25, 0.3) is 0 Å². The van der Waals surface area contributed by atoms with Gasteiger partial charge < -0.3 is 15.5 Å². The van der Waals surface area contributed by atoms with Gasteiger partial charge >= 0.3 is 0 Å². The van der Waals surface area contributed by atoms with Crippen LogP contribution in [0.5, 0.6) is 0 Å². The maximum absolute atomic E-state index is 13.2. The molecule has 2 rings (SSSR count). The Labute approximate surface area is 179 Å². The molecule has 0 bridgehead atoms. The van der Waals surface area contributed by atoms with Crippen molar-refractivity contribution in [2.24, 2.45) is 5.92 Å². The average Bonchev–Trinajstić information content (AvgIpc) is 3.18. The summed E-state index contributed by atoms with van der Waals surface area (Å²) in [5.74, 6) is -0.571. The molecule has 0 spiro atoms. The maximum Gasteiger partial charge on any atom is 0.245 e. The number of carbonyl (C=O) groups excluding carboxylic acids is 2. The molecular formula is C21H34N4O4S. The van der Waals surface area contributed by atoms with Crippen LogP contribution >= 0.6 is 0 Å². The molecule has 1 aliphatic rings. The normalized spacial score (nSPS) is 19.0. The van der Waals surface area contributed by atoms with Crippen molar-refractivity contribution >= 4 is 21.8 Å². The van der Waals surface area contributed by atoms with Gasteiger partial charge in [-0.1, -0.05) is 44.2 Å². The number of likely N-dealkylation sites (tertiary alicyclic amines) is 1. The molecule has 30 heavy (non-hydrogen) atoms. The molecule has 3 atom stereocenters. The number of nitrogens with one attached hydrogen (secondary N) is 3. The zero-order valence-corrected chi connectivity index (χ0v) is 19.0. The van der Waals surface area contributed by atoms with Gasteiger partial charge in [0.2, 0.25) is 21.8 Å². The van der Waals surface area contributed by atoms with Gasteiger partial charge in [-0.2, -0.15) is 0 Å². The van der Waals surface area contributed by atoms with Gasteiger partial charge in [0.1, 0.15) is 6.04 Å². The van der Waals surface area contributed by atoms with E-state index >= 15 is 0 Å². The molecule has 1 heterocycles. The number of amides is 2. The second-order valence-corrected chi connectivity index (χ2v) is 9.97. The number of benzene rings is 1. The Morgan fingerprint density at radius 1 is 1.17 bits per heavy atom. The van der Waals surface area contributed by atoms with Crippen LogP contribution in [0.15, 0.2) is 30.3 Å². The molecule has 1 aromatic rings. The number of carbonyl (C=O) groups is 2. The lowest BCUT2D eigenvalue weighted by molar-refractivity contribution is -0.138. The zero-order valence-electron chi connectivity index (χ0n) is 18.2. The summed E-state index contributed by atoms with van der Waals surface area (Å²) < 4.78 is 27.6. The van der Waals surface area contributed by atoms with Gasteiger partial charge in [0.15, 0.2) is 0 Å². The number of hydrogen-bond donors (Lipinski definition) is 3. The van der Waals surface area contributed by atoms with Crippen molar-refractivity contribution in [1.29, 1.82) is 0 Å². The highest BCUT2D eigenvalue weighted by Crippen LogP contribution is 2.20. The van der Waals surface area contributed by atoms with E-state index in [4.69, 9.17) is 0 Å². The van der Waals surface area contributed by atoms with E-state index in [-0.39, 0.29) is 36.1 Å². The molecule has 8 nitrogen and oxygen atoms in total. The predicted molar refractivity (Wildman–Crippen MR) is 117 cm³/mol. The third-order valence-electron chi connectivity index (χ3n) is 5.46. The number of sulfonamides is 1. The van der Waals surface area contributed by atoms with Crippen LogP contribution < -0.4 is 15.4 Å². The van der Waals surface area contributed by atoms with E-state index in [2.05, 4.69) is 15.4 Å². The Morgan fingerprint density at radius 2 is 1.83 bits per heavy atom. The summed E-state index contributed by atoms with van der Waals surface area (Å²) in [6.45, 7) is 6.25. The zero-order chi connectivity index (χ0) is 22.3. The SMILES string of the molecule is CNC(C)C(=O)NC(C(=O)N1CCCC1CNS(=O)(=O)Cc1ccccc1)C(C)C. The molecule has 2 amide bonds. The summed E-state index contributed by atoms with van der Waals surface area (Å²) >= 11 is 0. The molecule has 9 heteroatoms. The van der Waals surface area contributed by atoms with Crippen LogP contribution in [0.1, 0.15) is 39.2 Å². The fourth-order valence-electron chi connectivity index (χ4n) is 3.51. The first-order valence-corrected chi connectivity index (χ1v) is 12.1. The first kappa shape index (κ1) is 24.3. The van der Waals surface area contributed by atoms with Gasteiger partial charge in [-0.25, -0.2) is 13.1 Å². The lowest BCUT2D eigenvalue weighted by Crippen LogP contribution is -2.56. The highest BCUT2D eigenvalue weighted by Gasteiger charge is 2.36.